The molecule has 8 nitrogen and oxygen atoms in total. The van der Waals surface area contributed by atoms with Crippen LogP contribution in [0, 0.1) is 0 Å². The molecule has 0 aliphatic carbocycles. The molecule has 1 atom stereocenters. The van der Waals surface area contributed by atoms with Gasteiger partial charge in [0, 0.05) is 13.1 Å². The Morgan fingerprint density at radius 2 is 2.27 bits per heavy atom. The van der Waals surface area contributed by atoms with E-state index in [1.165, 1.54) is 6.33 Å². The van der Waals surface area contributed by atoms with Crippen LogP contribution >= 0.6 is 24.8 Å². The number of anilines is 1. The molecule has 1 amide bonds. The fourth-order valence-corrected chi connectivity index (χ4v) is 1.88. The number of halogens is 2. The van der Waals surface area contributed by atoms with Gasteiger partial charge < -0.3 is 15.4 Å². The largest absolute Gasteiger partial charge is 0.366 e. The summed E-state index contributed by atoms with van der Waals surface area (Å²) in [5, 5.41) is 9.86. The van der Waals surface area contributed by atoms with Crippen LogP contribution in [0.5, 0.6) is 0 Å². The van der Waals surface area contributed by atoms with Gasteiger partial charge in [-0.15, -0.1) is 24.8 Å². The first kappa shape index (κ1) is 18.3. The van der Waals surface area contributed by atoms with E-state index in [4.69, 9.17) is 4.74 Å². The number of morpholine rings is 1. The van der Waals surface area contributed by atoms with Crippen LogP contribution in [-0.2, 0) is 9.53 Å². The highest BCUT2D eigenvalue weighted by molar-refractivity contribution is 5.94. The topological polar surface area (TPSA) is 94.0 Å². The van der Waals surface area contributed by atoms with Gasteiger partial charge in [-0.3, -0.25) is 4.79 Å². The van der Waals surface area contributed by atoms with E-state index in [1.807, 2.05) is 0 Å². The minimum atomic E-state index is -0.459. The van der Waals surface area contributed by atoms with Crippen LogP contribution in [0.4, 0.5) is 5.69 Å². The number of amides is 1. The summed E-state index contributed by atoms with van der Waals surface area (Å²) >= 11 is 0. The van der Waals surface area contributed by atoms with Gasteiger partial charge in [0.2, 0.25) is 0 Å². The molecule has 0 spiro atoms. The smallest absolute Gasteiger partial charge is 0.254 e. The maximum Gasteiger partial charge on any atom is 0.254 e. The van der Waals surface area contributed by atoms with Gasteiger partial charge in [0.15, 0.2) is 5.82 Å². The number of carbonyl (C=O) groups excluding carboxylic acids is 1. The van der Waals surface area contributed by atoms with Crippen LogP contribution in [-0.4, -0.2) is 51.5 Å². The molecular weight excluding hydrogens is 331 g/mol. The molecule has 2 aromatic rings. The van der Waals surface area contributed by atoms with E-state index in [0.717, 1.165) is 6.54 Å². The maximum atomic E-state index is 11.9. The Kier molecular flexibility index (Phi) is 7.19. The number of hydrogen-bond acceptors (Lipinski definition) is 6. The van der Waals surface area contributed by atoms with Gasteiger partial charge in [-0.25, -0.2) is 14.6 Å². The van der Waals surface area contributed by atoms with Crippen molar-refractivity contribution in [2.45, 2.75) is 6.10 Å². The van der Waals surface area contributed by atoms with E-state index in [9.17, 15) is 4.79 Å². The predicted molar refractivity (Wildman–Crippen MR) is 84.9 cm³/mol. The van der Waals surface area contributed by atoms with E-state index in [0.29, 0.717) is 24.7 Å². The first-order valence-corrected chi connectivity index (χ1v) is 6.27. The average molecular weight is 347 g/mol. The van der Waals surface area contributed by atoms with Crippen molar-refractivity contribution in [3.8, 4) is 5.82 Å². The summed E-state index contributed by atoms with van der Waals surface area (Å²) in [6.45, 7) is 1.84. The fourth-order valence-electron chi connectivity index (χ4n) is 1.88. The quantitative estimate of drug-likeness (QED) is 0.837. The Morgan fingerprint density at radius 3 is 2.86 bits per heavy atom. The van der Waals surface area contributed by atoms with Crippen LogP contribution < -0.4 is 10.6 Å². The molecular formula is C12H16Cl2N6O2. The molecule has 0 radical (unpaired) electrons. The summed E-state index contributed by atoms with van der Waals surface area (Å²) in [5.74, 6) is 0.462. The third kappa shape index (κ3) is 4.38. The lowest BCUT2D eigenvalue weighted by Crippen LogP contribution is -2.45. The van der Waals surface area contributed by atoms with Crippen molar-refractivity contribution in [1.82, 2.24) is 25.1 Å². The zero-order valence-electron chi connectivity index (χ0n) is 11.5. The van der Waals surface area contributed by atoms with Crippen LogP contribution in [0.2, 0.25) is 0 Å². The van der Waals surface area contributed by atoms with E-state index >= 15 is 0 Å². The minimum Gasteiger partial charge on any atom is -0.366 e. The molecule has 1 aliphatic rings. The highest BCUT2D eigenvalue weighted by atomic mass is 35.5. The summed E-state index contributed by atoms with van der Waals surface area (Å²) in [7, 11) is 0. The molecule has 22 heavy (non-hydrogen) atoms. The Morgan fingerprint density at radius 1 is 1.41 bits per heavy atom. The second kappa shape index (κ2) is 8.64. The van der Waals surface area contributed by atoms with Gasteiger partial charge in [-0.2, -0.15) is 5.10 Å². The number of ether oxygens (including phenoxy) is 1. The Bertz CT molecular complexity index is 572. The van der Waals surface area contributed by atoms with E-state index < -0.39 is 6.10 Å². The van der Waals surface area contributed by atoms with Crippen molar-refractivity contribution in [2.24, 2.45) is 0 Å². The van der Waals surface area contributed by atoms with Gasteiger partial charge in [-0.05, 0) is 12.1 Å². The lowest BCUT2D eigenvalue weighted by molar-refractivity contribution is -0.128. The second-order valence-electron chi connectivity index (χ2n) is 4.30. The fraction of sp³-hybridized carbons (Fsp3) is 0.333. The summed E-state index contributed by atoms with van der Waals surface area (Å²) in [6, 6.07) is 3.52. The lowest BCUT2D eigenvalue weighted by Gasteiger charge is -2.22. The normalized spacial score (nSPS) is 17.0. The molecule has 3 heterocycles. The number of hydrogen-bond donors (Lipinski definition) is 2. The molecule has 2 N–H and O–H groups in total. The average Bonchev–Trinajstić information content (AvgIpc) is 3.03. The van der Waals surface area contributed by atoms with E-state index in [1.54, 1.807) is 29.3 Å². The van der Waals surface area contributed by atoms with Crippen molar-refractivity contribution in [2.75, 3.05) is 25.0 Å². The maximum absolute atomic E-state index is 11.9. The van der Waals surface area contributed by atoms with Crippen molar-refractivity contribution >= 4 is 36.4 Å². The van der Waals surface area contributed by atoms with E-state index in [-0.39, 0.29) is 30.7 Å². The van der Waals surface area contributed by atoms with Gasteiger partial charge in [0.25, 0.3) is 5.91 Å². The molecule has 3 rings (SSSR count). The minimum absolute atomic E-state index is 0. The Labute approximate surface area is 139 Å². The SMILES string of the molecule is Cl.Cl.O=C(Nc1ccc(-n2cncn2)nc1)C1CNCCO1. The molecule has 1 saturated heterocycles. The van der Waals surface area contributed by atoms with Crippen LogP contribution in [0.25, 0.3) is 5.82 Å². The Hall–Kier alpha value is -1.74. The molecule has 1 fully saturated rings. The zero-order chi connectivity index (χ0) is 13.8. The molecule has 1 unspecified atom stereocenters. The molecule has 0 aromatic carbocycles. The highest BCUT2D eigenvalue weighted by Gasteiger charge is 2.21. The zero-order valence-corrected chi connectivity index (χ0v) is 13.1. The molecule has 120 valence electrons. The van der Waals surface area contributed by atoms with Crippen molar-refractivity contribution in [3.63, 3.8) is 0 Å². The summed E-state index contributed by atoms with van der Waals surface area (Å²) in [5.41, 5.74) is 0.619. The summed E-state index contributed by atoms with van der Waals surface area (Å²) in [6.07, 6.45) is 4.11. The lowest BCUT2D eigenvalue weighted by atomic mass is 10.3. The number of pyridine rings is 1. The predicted octanol–water partition coefficient (Wildman–Crippen LogP) is 0.433. The summed E-state index contributed by atoms with van der Waals surface area (Å²) in [4.78, 5) is 20.0. The molecule has 0 bridgehead atoms. The van der Waals surface area contributed by atoms with Gasteiger partial charge >= 0.3 is 0 Å². The van der Waals surface area contributed by atoms with Crippen LogP contribution in [0.3, 0.4) is 0 Å². The van der Waals surface area contributed by atoms with Crippen LogP contribution in [0.15, 0.2) is 31.0 Å². The number of nitrogens with one attached hydrogen (secondary N) is 2. The highest BCUT2D eigenvalue weighted by Crippen LogP contribution is 2.10. The third-order valence-corrected chi connectivity index (χ3v) is 2.89. The Balaban J connectivity index is 0.00000121. The number of rotatable bonds is 3. The molecule has 1 aliphatic heterocycles. The summed E-state index contributed by atoms with van der Waals surface area (Å²) < 4.78 is 6.92. The molecule has 0 saturated carbocycles. The number of carbonyl (C=O) groups is 1. The van der Waals surface area contributed by atoms with Crippen LogP contribution in [0.1, 0.15) is 0 Å². The van der Waals surface area contributed by atoms with Gasteiger partial charge in [0.05, 0.1) is 18.5 Å². The van der Waals surface area contributed by atoms with Gasteiger partial charge in [-0.1, -0.05) is 0 Å². The number of aromatic nitrogens is 4. The second-order valence-corrected chi connectivity index (χ2v) is 4.30. The van der Waals surface area contributed by atoms with Crippen molar-refractivity contribution in [3.05, 3.63) is 31.0 Å². The number of nitrogens with zero attached hydrogens (tertiary/aromatic N) is 4. The van der Waals surface area contributed by atoms with Crippen molar-refractivity contribution in [1.29, 1.82) is 0 Å². The monoisotopic (exact) mass is 346 g/mol. The molecule has 2 aromatic heterocycles. The van der Waals surface area contributed by atoms with Gasteiger partial charge in [0.1, 0.15) is 18.8 Å². The first-order valence-electron chi connectivity index (χ1n) is 6.27. The molecule has 10 heteroatoms. The third-order valence-electron chi connectivity index (χ3n) is 2.89. The first-order chi connectivity index (χ1) is 9.83. The van der Waals surface area contributed by atoms with Crippen molar-refractivity contribution < 1.29 is 9.53 Å². The standard InChI is InChI=1S/C12H14N6O2.2ClH/c19-12(10-6-13-3-4-20-10)17-9-1-2-11(15-5-9)18-8-14-7-16-18;;/h1-2,5,7-8,10,13H,3-4,6H2,(H,17,19);2*1H. The van der Waals surface area contributed by atoms with E-state index in [2.05, 4.69) is 25.7 Å².